The standard InChI is InChI=1S/C17H11I2NO2/c1-22-17-12(8-14(18)9-15(17)19)7-13(10-20)16(21)11-5-3-2-4-6-11/h2-9H,1H3/b13-7+. The summed E-state index contributed by atoms with van der Waals surface area (Å²) < 4.78 is 7.33. The molecule has 0 bridgehead atoms. The van der Waals surface area contributed by atoms with Crippen molar-refractivity contribution in [2.45, 2.75) is 0 Å². The van der Waals surface area contributed by atoms with Gasteiger partial charge in [0.2, 0.25) is 5.78 Å². The number of benzene rings is 2. The molecule has 0 fully saturated rings. The molecule has 0 saturated heterocycles. The number of hydrogen-bond donors (Lipinski definition) is 0. The highest BCUT2D eigenvalue weighted by Gasteiger charge is 2.14. The van der Waals surface area contributed by atoms with Crippen LogP contribution in [-0.2, 0) is 0 Å². The summed E-state index contributed by atoms with van der Waals surface area (Å²) in [7, 11) is 1.58. The lowest BCUT2D eigenvalue weighted by atomic mass is 10.0. The molecule has 22 heavy (non-hydrogen) atoms. The number of ether oxygens (including phenoxy) is 1. The van der Waals surface area contributed by atoms with Gasteiger partial charge in [0, 0.05) is 14.7 Å². The van der Waals surface area contributed by atoms with Gasteiger partial charge in [0.1, 0.15) is 17.4 Å². The lowest BCUT2D eigenvalue weighted by Gasteiger charge is -2.09. The van der Waals surface area contributed by atoms with Crippen LogP contribution >= 0.6 is 45.2 Å². The van der Waals surface area contributed by atoms with Crippen molar-refractivity contribution >= 4 is 57.0 Å². The highest BCUT2D eigenvalue weighted by Crippen LogP contribution is 2.30. The van der Waals surface area contributed by atoms with Crippen molar-refractivity contribution in [3.63, 3.8) is 0 Å². The van der Waals surface area contributed by atoms with Gasteiger partial charge in [-0.2, -0.15) is 5.26 Å². The van der Waals surface area contributed by atoms with Crippen molar-refractivity contribution in [3.05, 3.63) is 66.3 Å². The van der Waals surface area contributed by atoms with Gasteiger partial charge in [-0.15, -0.1) is 0 Å². The minimum Gasteiger partial charge on any atom is -0.495 e. The summed E-state index contributed by atoms with van der Waals surface area (Å²) in [6, 6.07) is 14.6. The molecule has 110 valence electrons. The average Bonchev–Trinajstić information content (AvgIpc) is 2.52. The third kappa shape index (κ3) is 3.87. The Kier molecular flexibility index (Phi) is 5.97. The summed E-state index contributed by atoms with van der Waals surface area (Å²) in [6.07, 6.45) is 1.58. The lowest BCUT2D eigenvalue weighted by molar-refractivity contribution is 0.104. The van der Waals surface area contributed by atoms with Crippen LogP contribution in [0.2, 0.25) is 0 Å². The van der Waals surface area contributed by atoms with Crippen molar-refractivity contribution in [3.8, 4) is 11.8 Å². The second kappa shape index (κ2) is 7.74. The quantitative estimate of drug-likeness (QED) is 0.257. The Morgan fingerprint density at radius 1 is 1.23 bits per heavy atom. The van der Waals surface area contributed by atoms with Gasteiger partial charge in [-0.05, 0) is 63.4 Å². The highest BCUT2D eigenvalue weighted by atomic mass is 127. The van der Waals surface area contributed by atoms with Gasteiger partial charge in [0.15, 0.2) is 0 Å². The van der Waals surface area contributed by atoms with Gasteiger partial charge in [0.25, 0.3) is 0 Å². The van der Waals surface area contributed by atoms with Gasteiger partial charge in [-0.1, -0.05) is 30.3 Å². The molecule has 0 unspecified atom stereocenters. The number of nitriles is 1. The first kappa shape index (κ1) is 17.0. The van der Waals surface area contributed by atoms with Crippen molar-refractivity contribution < 1.29 is 9.53 Å². The zero-order chi connectivity index (χ0) is 16.1. The Hall–Kier alpha value is -1.40. The molecule has 2 aromatic carbocycles. The predicted molar refractivity (Wildman–Crippen MR) is 103 cm³/mol. The monoisotopic (exact) mass is 515 g/mol. The molecule has 0 amide bonds. The number of nitrogens with zero attached hydrogens (tertiary/aromatic N) is 1. The topological polar surface area (TPSA) is 50.1 Å². The maximum absolute atomic E-state index is 12.4. The van der Waals surface area contributed by atoms with Gasteiger partial charge >= 0.3 is 0 Å². The SMILES string of the molecule is COc1c(I)cc(I)cc1/C=C(\C#N)C(=O)c1ccccc1. The Balaban J connectivity index is 2.51. The second-order valence-electron chi connectivity index (χ2n) is 4.38. The van der Waals surface area contributed by atoms with Gasteiger partial charge in [-0.3, -0.25) is 4.79 Å². The van der Waals surface area contributed by atoms with Crippen LogP contribution in [-0.4, -0.2) is 12.9 Å². The number of Topliss-reactive ketones (excluding diaryl/α,β-unsaturated/α-hetero) is 1. The van der Waals surface area contributed by atoms with Crippen molar-refractivity contribution in [2.75, 3.05) is 7.11 Å². The fraction of sp³-hybridized carbons (Fsp3) is 0.0588. The number of methoxy groups -OCH3 is 1. The predicted octanol–water partition coefficient (Wildman–Crippen LogP) is 4.69. The molecule has 3 nitrogen and oxygen atoms in total. The molecule has 0 aliphatic carbocycles. The van der Waals surface area contributed by atoms with E-state index in [9.17, 15) is 10.1 Å². The largest absolute Gasteiger partial charge is 0.495 e. The highest BCUT2D eigenvalue weighted by molar-refractivity contribution is 14.1. The molecular formula is C17H11I2NO2. The molecule has 0 radical (unpaired) electrons. The van der Waals surface area contributed by atoms with E-state index in [-0.39, 0.29) is 11.4 Å². The minimum atomic E-state index is -0.293. The summed E-state index contributed by atoms with van der Waals surface area (Å²) in [5.41, 5.74) is 1.30. The molecule has 0 N–H and O–H groups in total. The zero-order valence-corrected chi connectivity index (χ0v) is 16.0. The molecule has 2 aromatic rings. The van der Waals surface area contributed by atoms with Crippen LogP contribution in [0.1, 0.15) is 15.9 Å². The molecule has 0 heterocycles. The Labute approximate surface area is 156 Å². The first-order chi connectivity index (χ1) is 10.6. The van der Waals surface area contributed by atoms with E-state index in [2.05, 4.69) is 45.2 Å². The third-order valence-corrected chi connectivity index (χ3v) is 4.37. The van der Waals surface area contributed by atoms with Crippen molar-refractivity contribution in [1.82, 2.24) is 0 Å². The van der Waals surface area contributed by atoms with Crippen LogP contribution in [0.25, 0.3) is 6.08 Å². The van der Waals surface area contributed by atoms with Crippen molar-refractivity contribution in [2.24, 2.45) is 0 Å². The number of carbonyl (C=O) groups is 1. The van der Waals surface area contributed by atoms with E-state index in [1.165, 1.54) is 0 Å². The van der Waals surface area contributed by atoms with Crippen LogP contribution in [0.3, 0.4) is 0 Å². The van der Waals surface area contributed by atoms with Crippen molar-refractivity contribution in [1.29, 1.82) is 5.26 Å². The first-order valence-corrected chi connectivity index (χ1v) is 8.47. The summed E-state index contributed by atoms with van der Waals surface area (Å²) in [5.74, 6) is 0.369. The smallest absolute Gasteiger partial charge is 0.203 e. The Morgan fingerprint density at radius 3 is 2.50 bits per heavy atom. The fourth-order valence-corrected chi connectivity index (χ4v) is 4.06. The fourth-order valence-electron chi connectivity index (χ4n) is 1.95. The maximum Gasteiger partial charge on any atom is 0.203 e. The summed E-state index contributed by atoms with van der Waals surface area (Å²) in [5, 5.41) is 9.34. The number of halogens is 2. The van der Waals surface area contributed by atoms with Crippen LogP contribution in [0.4, 0.5) is 0 Å². The lowest BCUT2D eigenvalue weighted by Crippen LogP contribution is -2.02. The number of hydrogen-bond acceptors (Lipinski definition) is 3. The molecule has 2 rings (SSSR count). The summed E-state index contributed by atoms with van der Waals surface area (Å²) >= 11 is 4.37. The van der Waals surface area contributed by atoms with Crippen LogP contribution in [0.15, 0.2) is 48.0 Å². The molecule has 0 aliphatic heterocycles. The number of allylic oxidation sites excluding steroid dienone is 1. The minimum absolute atomic E-state index is 0.0855. The molecule has 5 heteroatoms. The molecule has 0 spiro atoms. The second-order valence-corrected chi connectivity index (χ2v) is 6.78. The maximum atomic E-state index is 12.4. The Morgan fingerprint density at radius 2 is 1.91 bits per heavy atom. The van der Waals surface area contributed by atoms with E-state index in [0.717, 1.165) is 12.7 Å². The van der Waals surface area contributed by atoms with Gasteiger partial charge in [0.05, 0.1) is 10.7 Å². The molecular weight excluding hydrogens is 504 g/mol. The number of carbonyl (C=O) groups excluding carboxylic acids is 1. The normalized spacial score (nSPS) is 10.9. The Bertz CT molecular complexity index is 777. The van der Waals surface area contributed by atoms with E-state index in [1.54, 1.807) is 37.5 Å². The van der Waals surface area contributed by atoms with Crippen LogP contribution in [0.5, 0.6) is 5.75 Å². The van der Waals surface area contributed by atoms with Gasteiger partial charge in [-0.25, -0.2) is 0 Å². The first-order valence-electron chi connectivity index (χ1n) is 6.31. The summed E-state index contributed by atoms with van der Waals surface area (Å²) in [6.45, 7) is 0. The molecule has 0 saturated carbocycles. The van der Waals surface area contributed by atoms with Crippen LogP contribution in [0, 0.1) is 18.5 Å². The van der Waals surface area contributed by atoms with E-state index < -0.39 is 0 Å². The molecule has 0 aromatic heterocycles. The number of ketones is 1. The van der Waals surface area contributed by atoms with E-state index >= 15 is 0 Å². The van der Waals surface area contributed by atoms with E-state index in [1.807, 2.05) is 24.3 Å². The third-order valence-electron chi connectivity index (χ3n) is 2.94. The average molecular weight is 515 g/mol. The van der Waals surface area contributed by atoms with E-state index in [4.69, 9.17) is 4.74 Å². The summed E-state index contributed by atoms with van der Waals surface area (Å²) in [4.78, 5) is 12.4. The van der Waals surface area contributed by atoms with Crippen LogP contribution < -0.4 is 4.74 Å². The van der Waals surface area contributed by atoms with E-state index in [0.29, 0.717) is 11.3 Å². The molecule has 0 aliphatic rings. The van der Waals surface area contributed by atoms with Gasteiger partial charge < -0.3 is 4.74 Å². The number of rotatable bonds is 4. The zero-order valence-electron chi connectivity index (χ0n) is 11.6. The molecule has 0 atom stereocenters.